The van der Waals surface area contributed by atoms with Gasteiger partial charge in [0.15, 0.2) is 5.76 Å². The summed E-state index contributed by atoms with van der Waals surface area (Å²) >= 11 is 1.52. The van der Waals surface area contributed by atoms with Crippen molar-refractivity contribution in [1.82, 2.24) is 5.32 Å². The molecule has 0 aliphatic heterocycles. The Bertz CT molecular complexity index is 812. The number of furan rings is 1. The second-order valence-corrected chi connectivity index (χ2v) is 5.71. The van der Waals surface area contributed by atoms with Gasteiger partial charge in [0, 0.05) is 4.88 Å². The van der Waals surface area contributed by atoms with Gasteiger partial charge < -0.3 is 9.73 Å². The van der Waals surface area contributed by atoms with Gasteiger partial charge in [-0.1, -0.05) is 36.4 Å². The first kappa shape index (κ1) is 15.0. The molecule has 0 saturated carbocycles. The molecule has 3 rings (SSSR count). The van der Waals surface area contributed by atoms with E-state index in [-0.39, 0.29) is 11.8 Å². The van der Waals surface area contributed by atoms with Gasteiger partial charge in [-0.15, -0.1) is 11.3 Å². The molecule has 1 N–H and O–H groups in total. The van der Waals surface area contributed by atoms with Gasteiger partial charge in [0.2, 0.25) is 0 Å². The summed E-state index contributed by atoms with van der Waals surface area (Å²) in [7, 11) is 0. The van der Waals surface area contributed by atoms with E-state index in [0.29, 0.717) is 0 Å². The summed E-state index contributed by atoms with van der Waals surface area (Å²) in [5.74, 6) is -1.04. The molecular formula is C16H12N2O4S. The minimum Gasteiger partial charge on any atom is -0.395 e. The van der Waals surface area contributed by atoms with Crippen molar-refractivity contribution in [3.05, 3.63) is 86.3 Å². The van der Waals surface area contributed by atoms with Crippen molar-refractivity contribution >= 4 is 23.1 Å². The quantitative estimate of drug-likeness (QED) is 0.570. The Morgan fingerprint density at radius 1 is 1.13 bits per heavy atom. The Hall–Kier alpha value is -2.93. The standard InChI is InChI=1S/C16H12N2O4S/c19-16(12-8-9-14(22-12)18(20)21)17-15(13-7-4-10-23-13)11-5-2-1-3-6-11/h1-10,15H,(H,17,19)/t15-/m0/s1. The average molecular weight is 328 g/mol. The van der Waals surface area contributed by atoms with Gasteiger partial charge in [0.05, 0.1) is 12.1 Å². The minimum atomic E-state index is -0.676. The fraction of sp³-hybridized carbons (Fsp3) is 0.0625. The normalized spacial score (nSPS) is 11.8. The Morgan fingerprint density at radius 3 is 2.52 bits per heavy atom. The summed E-state index contributed by atoms with van der Waals surface area (Å²) in [5.41, 5.74) is 0.921. The maximum atomic E-state index is 12.3. The van der Waals surface area contributed by atoms with Gasteiger partial charge in [0.1, 0.15) is 4.92 Å². The van der Waals surface area contributed by atoms with Crippen LogP contribution >= 0.6 is 11.3 Å². The first-order chi connectivity index (χ1) is 11.1. The van der Waals surface area contributed by atoms with Crippen LogP contribution in [-0.4, -0.2) is 10.8 Å². The molecule has 1 atom stereocenters. The summed E-state index contributed by atoms with van der Waals surface area (Å²) in [6.07, 6.45) is 0. The van der Waals surface area contributed by atoms with E-state index in [2.05, 4.69) is 5.32 Å². The van der Waals surface area contributed by atoms with Crippen LogP contribution in [0.3, 0.4) is 0 Å². The molecule has 0 spiro atoms. The van der Waals surface area contributed by atoms with Gasteiger partial charge in [0.25, 0.3) is 5.91 Å². The summed E-state index contributed by atoms with van der Waals surface area (Å²) < 4.78 is 4.95. The lowest BCUT2D eigenvalue weighted by Crippen LogP contribution is -2.28. The van der Waals surface area contributed by atoms with E-state index in [1.807, 2.05) is 47.8 Å². The largest absolute Gasteiger partial charge is 0.433 e. The number of carbonyl (C=O) groups is 1. The molecule has 0 aliphatic rings. The van der Waals surface area contributed by atoms with Crippen molar-refractivity contribution in [3.63, 3.8) is 0 Å². The van der Waals surface area contributed by atoms with Crippen molar-refractivity contribution in [2.45, 2.75) is 6.04 Å². The number of nitrogens with zero attached hydrogens (tertiary/aromatic N) is 1. The number of benzene rings is 1. The Morgan fingerprint density at radius 2 is 1.91 bits per heavy atom. The number of nitrogens with one attached hydrogen (secondary N) is 1. The summed E-state index contributed by atoms with van der Waals surface area (Å²) in [5, 5.41) is 15.4. The monoisotopic (exact) mass is 328 g/mol. The fourth-order valence-electron chi connectivity index (χ4n) is 2.17. The third-order valence-corrected chi connectivity index (χ3v) is 4.17. The molecule has 1 aromatic carbocycles. The fourth-order valence-corrected chi connectivity index (χ4v) is 2.97. The van der Waals surface area contributed by atoms with Crippen LogP contribution in [0.15, 0.2) is 64.4 Å². The smallest absolute Gasteiger partial charge is 0.395 e. The van der Waals surface area contributed by atoms with Crippen LogP contribution in [0.1, 0.15) is 27.0 Å². The van der Waals surface area contributed by atoms with E-state index < -0.39 is 16.7 Å². The molecule has 0 aliphatic carbocycles. The van der Waals surface area contributed by atoms with Crippen LogP contribution in [0.25, 0.3) is 0 Å². The van der Waals surface area contributed by atoms with Crippen molar-refractivity contribution in [1.29, 1.82) is 0 Å². The molecule has 23 heavy (non-hydrogen) atoms. The van der Waals surface area contributed by atoms with Gasteiger partial charge in [-0.3, -0.25) is 14.9 Å². The maximum Gasteiger partial charge on any atom is 0.433 e. The van der Waals surface area contributed by atoms with Gasteiger partial charge >= 0.3 is 5.88 Å². The number of hydrogen-bond acceptors (Lipinski definition) is 5. The van der Waals surface area contributed by atoms with Gasteiger partial charge in [-0.25, -0.2) is 0 Å². The van der Waals surface area contributed by atoms with Crippen molar-refractivity contribution in [3.8, 4) is 0 Å². The molecule has 2 heterocycles. The molecule has 6 nitrogen and oxygen atoms in total. The third-order valence-electron chi connectivity index (χ3n) is 3.23. The number of thiophene rings is 1. The second kappa shape index (κ2) is 6.45. The van der Waals surface area contributed by atoms with Crippen molar-refractivity contribution in [2.75, 3.05) is 0 Å². The molecule has 3 aromatic rings. The first-order valence-corrected chi connectivity index (χ1v) is 7.66. The first-order valence-electron chi connectivity index (χ1n) is 6.78. The zero-order valence-corrected chi connectivity index (χ0v) is 12.7. The number of hydrogen-bond donors (Lipinski definition) is 1. The molecule has 116 valence electrons. The second-order valence-electron chi connectivity index (χ2n) is 4.73. The predicted molar refractivity (Wildman–Crippen MR) is 85.4 cm³/mol. The highest BCUT2D eigenvalue weighted by molar-refractivity contribution is 7.10. The Balaban J connectivity index is 1.86. The third kappa shape index (κ3) is 3.29. The highest BCUT2D eigenvalue weighted by Gasteiger charge is 2.22. The van der Waals surface area contributed by atoms with E-state index in [1.165, 1.54) is 17.4 Å². The van der Waals surface area contributed by atoms with Crippen LogP contribution in [0, 0.1) is 10.1 Å². The summed E-state index contributed by atoms with van der Waals surface area (Å²) in [6.45, 7) is 0. The molecule has 0 unspecified atom stereocenters. The van der Waals surface area contributed by atoms with Gasteiger partial charge in [-0.05, 0) is 23.1 Å². The lowest BCUT2D eigenvalue weighted by atomic mass is 10.1. The molecule has 0 radical (unpaired) electrons. The maximum absolute atomic E-state index is 12.3. The van der Waals surface area contributed by atoms with E-state index in [4.69, 9.17) is 4.42 Å². The Kier molecular flexibility index (Phi) is 4.20. The SMILES string of the molecule is O=C(N[C@@H](c1ccccc1)c1cccs1)c1ccc([N+](=O)[O-])o1. The molecule has 2 aromatic heterocycles. The van der Waals surface area contributed by atoms with Gasteiger partial charge in [-0.2, -0.15) is 0 Å². The summed E-state index contributed by atoms with van der Waals surface area (Å²) in [4.78, 5) is 23.3. The highest BCUT2D eigenvalue weighted by Crippen LogP contribution is 2.26. The number of carbonyl (C=O) groups excluding carboxylic acids is 1. The molecule has 0 fully saturated rings. The van der Waals surface area contributed by atoms with Crippen LogP contribution < -0.4 is 5.32 Å². The topological polar surface area (TPSA) is 85.4 Å². The van der Waals surface area contributed by atoms with Crippen molar-refractivity contribution < 1.29 is 14.1 Å². The average Bonchev–Trinajstić information content (AvgIpc) is 3.24. The van der Waals surface area contributed by atoms with Crippen LogP contribution in [-0.2, 0) is 0 Å². The number of nitro groups is 1. The summed E-state index contributed by atoms with van der Waals surface area (Å²) in [6, 6.07) is 15.4. The van der Waals surface area contributed by atoms with E-state index in [0.717, 1.165) is 16.5 Å². The molecule has 0 saturated heterocycles. The van der Waals surface area contributed by atoms with Crippen LogP contribution in [0.4, 0.5) is 5.88 Å². The van der Waals surface area contributed by atoms with E-state index >= 15 is 0 Å². The predicted octanol–water partition coefficient (Wildman–Crippen LogP) is 3.77. The zero-order chi connectivity index (χ0) is 16.2. The number of amides is 1. The minimum absolute atomic E-state index is 0.0887. The van der Waals surface area contributed by atoms with E-state index in [9.17, 15) is 14.9 Å². The zero-order valence-electron chi connectivity index (χ0n) is 11.8. The molecular weight excluding hydrogens is 316 g/mol. The lowest BCUT2D eigenvalue weighted by molar-refractivity contribution is -0.402. The Labute approximate surface area is 135 Å². The van der Waals surface area contributed by atoms with Crippen molar-refractivity contribution in [2.24, 2.45) is 0 Å². The molecule has 1 amide bonds. The van der Waals surface area contributed by atoms with Crippen LogP contribution in [0.5, 0.6) is 0 Å². The molecule has 0 bridgehead atoms. The highest BCUT2D eigenvalue weighted by atomic mass is 32.1. The van der Waals surface area contributed by atoms with E-state index in [1.54, 1.807) is 0 Å². The molecule has 7 heteroatoms. The van der Waals surface area contributed by atoms with Crippen LogP contribution in [0.2, 0.25) is 0 Å². The number of rotatable bonds is 5. The lowest BCUT2D eigenvalue weighted by Gasteiger charge is -2.17.